The molecule has 0 aliphatic heterocycles. The van der Waals surface area contributed by atoms with Gasteiger partial charge in [-0.25, -0.2) is 0 Å². The molecule has 3 nitrogen and oxygen atoms in total. The molecule has 88 valence electrons. The number of carbonyl (C=O) groups is 1. The molecular formula is C13H18O3. The normalized spacial score (nSPS) is 11.9. The highest BCUT2D eigenvalue weighted by molar-refractivity contribution is 5.76. The molecule has 0 aromatic heterocycles. The van der Waals surface area contributed by atoms with E-state index in [-0.39, 0.29) is 6.10 Å². The van der Waals surface area contributed by atoms with Gasteiger partial charge in [0.25, 0.3) is 0 Å². The summed E-state index contributed by atoms with van der Waals surface area (Å²) < 4.78 is 11.1. The average molecular weight is 222 g/mol. The highest BCUT2D eigenvalue weighted by atomic mass is 16.5. The SMILES string of the molecule is CCOc1cc(C=O)ccc1O[C@@H](C)CC. The number of benzene rings is 1. The van der Waals surface area contributed by atoms with E-state index in [1.807, 2.05) is 13.8 Å². The highest BCUT2D eigenvalue weighted by Crippen LogP contribution is 2.29. The van der Waals surface area contributed by atoms with Crippen molar-refractivity contribution in [2.24, 2.45) is 0 Å². The summed E-state index contributed by atoms with van der Waals surface area (Å²) in [6, 6.07) is 5.21. The lowest BCUT2D eigenvalue weighted by atomic mass is 10.2. The van der Waals surface area contributed by atoms with Gasteiger partial charge in [0.1, 0.15) is 6.29 Å². The Kier molecular flexibility index (Phi) is 4.83. The van der Waals surface area contributed by atoms with Gasteiger partial charge in [0.15, 0.2) is 11.5 Å². The fraction of sp³-hybridized carbons (Fsp3) is 0.462. The summed E-state index contributed by atoms with van der Waals surface area (Å²) in [5.74, 6) is 1.33. The van der Waals surface area contributed by atoms with Crippen LogP contribution in [0.15, 0.2) is 18.2 Å². The van der Waals surface area contributed by atoms with Gasteiger partial charge in [-0.3, -0.25) is 4.79 Å². The van der Waals surface area contributed by atoms with E-state index in [1.54, 1.807) is 18.2 Å². The van der Waals surface area contributed by atoms with Gasteiger partial charge in [-0.2, -0.15) is 0 Å². The van der Waals surface area contributed by atoms with E-state index < -0.39 is 0 Å². The minimum atomic E-state index is 0.140. The fourth-order valence-electron chi connectivity index (χ4n) is 1.26. The first-order chi connectivity index (χ1) is 7.71. The van der Waals surface area contributed by atoms with Crippen LogP contribution in [0.1, 0.15) is 37.6 Å². The highest BCUT2D eigenvalue weighted by Gasteiger charge is 2.08. The van der Waals surface area contributed by atoms with E-state index in [1.165, 1.54) is 0 Å². The topological polar surface area (TPSA) is 35.5 Å². The first-order valence-corrected chi connectivity index (χ1v) is 5.59. The summed E-state index contributed by atoms with van der Waals surface area (Å²) in [7, 11) is 0. The molecule has 1 aromatic carbocycles. The van der Waals surface area contributed by atoms with Crippen molar-refractivity contribution in [3.8, 4) is 11.5 Å². The van der Waals surface area contributed by atoms with Gasteiger partial charge in [-0.15, -0.1) is 0 Å². The van der Waals surface area contributed by atoms with Gasteiger partial charge < -0.3 is 9.47 Å². The second kappa shape index (κ2) is 6.16. The molecule has 0 bridgehead atoms. The first kappa shape index (κ1) is 12.6. The molecule has 0 unspecified atom stereocenters. The molecule has 0 heterocycles. The van der Waals surface area contributed by atoms with Crippen LogP contribution in [0.4, 0.5) is 0 Å². The van der Waals surface area contributed by atoms with Gasteiger partial charge in [0.2, 0.25) is 0 Å². The first-order valence-electron chi connectivity index (χ1n) is 5.59. The Balaban J connectivity index is 2.92. The van der Waals surface area contributed by atoms with Crippen molar-refractivity contribution in [1.29, 1.82) is 0 Å². The fourth-order valence-corrected chi connectivity index (χ4v) is 1.26. The van der Waals surface area contributed by atoms with Gasteiger partial charge in [0.05, 0.1) is 12.7 Å². The number of ether oxygens (including phenoxy) is 2. The van der Waals surface area contributed by atoms with Crippen LogP contribution in [-0.4, -0.2) is 19.0 Å². The summed E-state index contributed by atoms with van der Waals surface area (Å²) in [5.41, 5.74) is 0.597. The number of carbonyl (C=O) groups excluding carboxylic acids is 1. The molecule has 0 radical (unpaired) electrons. The summed E-state index contributed by atoms with van der Waals surface area (Å²) in [4.78, 5) is 10.7. The predicted octanol–water partition coefficient (Wildman–Crippen LogP) is 3.08. The van der Waals surface area contributed by atoms with Crippen LogP contribution in [0, 0.1) is 0 Å². The van der Waals surface area contributed by atoms with E-state index in [0.717, 1.165) is 12.7 Å². The quantitative estimate of drug-likeness (QED) is 0.694. The number of hydrogen-bond donors (Lipinski definition) is 0. The Bertz CT molecular complexity index is 347. The zero-order valence-corrected chi connectivity index (χ0v) is 10.0. The Hall–Kier alpha value is -1.51. The number of hydrogen-bond acceptors (Lipinski definition) is 3. The zero-order chi connectivity index (χ0) is 12.0. The van der Waals surface area contributed by atoms with Gasteiger partial charge in [-0.1, -0.05) is 6.92 Å². The third kappa shape index (κ3) is 3.26. The third-order valence-corrected chi connectivity index (χ3v) is 2.31. The lowest BCUT2D eigenvalue weighted by Crippen LogP contribution is -2.11. The molecule has 1 aromatic rings. The van der Waals surface area contributed by atoms with Crippen LogP contribution in [0.25, 0.3) is 0 Å². The Labute approximate surface area is 96.4 Å². The minimum Gasteiger partial charge on any atom is -0.490 e. The standard InChI is InChI=1S/C13H18O3/c1-4-10(3)16-12-7-6-11(9-14)8-13(12)15-5-2/h6-10H,4-5H2,1-3H3/t10-/m0/s1. The van der Waals surface area contributed by atoms with Crippen molar-refractivity contribution in [3.63, 3.8) is 0 Å². The lowest BCUT2D eigenvalue weighted by Gasteiger charge is -2.16. The van der Waals surface area contributed by atoms with E-state index >= 15 is 0 Å². The molecule has 3 heteroatoms. The summed E-state index contributed by atoms with van der Waals surface area (Å²) >= 11 is 0. The molecule has 0 fully saturated rings. The molecule has 0 aliphatic carbocycles. The molecule has 0 saturated heterocycles. The Morgan fingerprint density at radius 2 is 2.06 bits per heavy atom. The zero-order valence-electron chi connectivity index (χ0n) is 10.0. The molecule has 0 saturated carbocycles. The molecule has 0 N–H and O–H groups in total. The van der Waals surface area contributed by atoms with E-state index in [4.69, 9.17) is 9.47 Å². The van der Waals surface area contributed by atoms with Gasteiger partial charge >= 0.3 is 0 Å². The van der Waals surface area contributed by atoms with E-state index in [2.05, 4.69) is 6.92 Å². The van der Waals surface area contributed by atoms with Gasteiger partial charge in [0, 0.05) is 5.56 Å². The van der Waals surface area contributed by atoms with Crippen LogP contribution in [0.5, 0.6) is 11.5 Å². The van der Waals surface area contributed by atoms with Crippen LogP contribution in [-0.2, 0) is 0 Å². The van der Waals surface area contributed by atoms with Crippen molar-refractivity contribution in [3.05, 3.63) is 23.8 Å². The maximum Gasteiger partial charge on any atom is 0.161 e. The van der Waals surface area contributed by atoms with Crippen molar-refractivity contribution in [1.82, 2.24) is 0 Å². The largest absolute Gasteiger partial charge is 0.490 e. The molecular weight excluding hydrogens is 204 g/mol. The van der Waals surface area contributed by atoms with Crippen LogP contribution < -0.4 is 9.47 Å². The second-order valence-corrected chi connectivity index (χ2v) is 3.59. The van der Waals surface area contributed by atoms with Crippen molar-refractivity contribution in [2.75, 3.05) is 6.61 Å². The summed E-state index contributed by atoms with van der Waals surface area (Å²) in [5, 5.41) is 0. The lowest BCUT2D eigenvalue weighted by molar-refractivity contribution is 0.112. The van der Waals surface area contributed by atoms with Crippen LogP contribution in [0.2, 0.25) is 0 Å². The Morgan fingerprint density at radius 3 is 2.62 bits per heavy atom. The van der Waals surface area contributed by atoms with Crippen molar-refractivity contribution in [2.45, 2.75) is 33.3 Å². The van der Waals surface area contributed by atoms with E-state index in [0.29, 0.717) is 23.7 Å². The second-order valence-electron chi connectivity index (χ2n) is 3.59. The average Bonchev–Trinajstić information content (AvgIpc) is 2.31. The van der Waals surface area contributed by atoms with Gasteiger partial charge in [-0.05, 0) is 38.5 Å². The number of aldehydes is 1. The van der Waals surface area contributed by atoms with Crippen molar-refractivity contribution < 1.29 is 14.3 Å². The molecule has 0 spiro atoms. The maximum atomic E-state index is 10.7. The van der Waals surface area contributed by atoms with Crippen LogP contribution in [0.3, 0.4) is 0 Å². The predicted molar refractivity (Wildman–Crippen MR) is 63.4 cm³/mol. The summed E-state index contributed by atoms with van der Waals surface area (Å²) in [6.45, 7) is 6.52. The smallest absolute Gasteiger partial charge is 0.161 e. The Morgan fingerprint density at radius 1 is 1.31 bits per heavy atom. The monoisotopic (exact) mass is 222 g/mol. The molecule has 16 heavy (non-hydrogen) atoms. The summed E-state index contributed by atoms with van der Waals surface area (Å²) in [6.07, 6.45) is 1.87. The third-order valence-electron chi connectivity index (χ3n) is 2.31. The van der Waals surface area contributed by atoms with Crippen molar-refractivity contribution >= 4 is 6.29 Å². The molecule has 0 amide bonds. The molecule has 1 rings (SSSR count). The van der Waals surface area contributed by atoms with E-state index in [9.17, 15) is 4.79 Å². The minimum absolute atomic E-state index is 0.140. The maximum absolute atomic E-state index is 10.7. The number of rotatable bonds is 6. The van der Waals surface area contributed by atoms with Crippen LogP contribution >= 0.6 is 0 Å². The molecule has 0 aliphatic rings. The molecule has 1 atom stereocenters.